The number of hydrogen-bond acceptors (Lipinski definition) is 4. The number of hydrogen-bond donors (Lipinski definition) is 2. The van der Waals surface area contributed by atoms with Crippen molar-refractivity contribution in [1.29, 1.82) is 0 Å². The topological polar surface area (TPSA) is 49.8 Å². The maximum atomic E-state index is 14.0. The van der Waals surface area contributed by atoms with E-state index in [9.17, 15) is 8.78 Å². The Morgan fingerprint density at radius 3 is 2.46 bits per heavy atom. The van der Waals surface area contributed by atoms with Crippen LogP contribution in [0.15, 0.2) is 54.6 Å². The molecule has 0 saturated heterocycles. The second-order valence-corrected chi connectivity index (χ2v) is 6.03. The van der Waals surface area contributed by atoms with Crippen LogP contribution in [0.5, 0.6) is 0 Å². The number of anilines is 3. The summed E-state index contributed by atoms with van der Waals surface area (Å²) in [5.41, 5.74) is 1.78. The zero-order valence-electron chi connectivity index (χ0n) is 14.6. The van der Waals surface area contributed by atoms with Crippen molar-refractivity contribution in [3.05, 3.63) is 66.2 Å². The van der Waals surface area contributed by atoms with Gasteiger partial charge in [0.15, 0.2) is 0 Å². The second kappa shape index (κ2) is 7.91. The summed E-state index contributed by atoms with van der Waals surface area (Å²) < 4.78 is 27.1. The monoisotopic (exact) mass is 354 g/mol. The number of halogens is 2. The molecule has 3 rings (SSSR count). The molecule has 6 heteroatoms. The molecule has 0 bridgehead atoms. The Hall–Kier alpha value is -3.02. The van der Waals surface area contributed by atoms with Gasteiger partial charge in [-0.15, -0.1) is 0 Å². The Morgan fingerprint density at radius 2 is 1.77 bits per heavy atom. The van der Waals surface area contributed by atoms with Gasteiger partial charge in [0.25, 0.3) is 0 Å². The number of nitrogens with zero attached hydrogens (tertiary/aromatic N) is 2. The summed E-state index contributed by atoms with van der Waals surface area (Å²) in [6.07, 6.45) is 0.911. The summed E-state index contributed by atoms with van der Waals surface area (Å²) in [5, 5.41) is 6.14. The van der Waals surface area contributed by atoms with Gasteiger partial charge in [0.1, 0.15) is 17.5 Å². The molecule has 4 nitrogen and oxygen atoms in total. The largest absolute Gasteiger partial charge is 0.352 e. The molecule has 0 aliphatic rings. The zero-order valence-corrected chi connectivity index (χ0v) is 14.6. The van der Waals surface area contributed by atoms with E-state index in [-0.39, 0.29) is 11.7 Å². The second-order valence-electron chi connectivity index (χ2n) is 6.03. The third-order valence-electron chi connectivity index (χ3n) is 3.98. The standard InChI is InChI=1S/C20H20F2N4/c1-3-13(2)23-20-25-18(14-7-5-4-6-8-14)12-19(26-20)24-17-10-9-15(21)11-16(17)22/h4-13H,3H2,1-2H3,(H2,23,24,25,26)/t13-/m0/s1. The van der Waals surface area contributed by atoms with Crippen LogP contribution in [0.25, 0.3) is 11.3 Å². The first kappa shape index (κ1) is 17.8. The maximum absolute atomic E-state index is 14.0. The van der Waals surface area contributed by atoms with Gasteiger partial charge in [-0.2, -0.15) is 4.98 Å². The Kier molecular flexibility index (Phi) is 5.41. The maximum Gasteiger partial charge on any atom is 0.225 e. The highest BCUT2D eigenvalue weighted by Crippen LogP contribution is 2.25. The van der Waals surface area contributed by atoms with E-state index in [2.05, 4.69) is 27.5 Å². The molecule has 0 aliphatic heterocycles. The van der Waals surface area contributed by atoms with Crippen LogP contribution in [0.1, 0.15) is 20.3 Å². The molecule has 2 N–H and O–H groups in total. The average Bonchev–Trinajstić information content (AvgIpc) is 2.64. The minimum atomic E-state index is -0.679. The fourth-order valence-electron chi connectivity index (χ4n) is 2.38. The number of nitrogens with one attached hydrogen (secondary N) is 2. The van der Waals surface area contributed by atoms with Crippen LogP contribution in [0, 0.1) is 11.6 Å². The highest BCUT2D eigenvalue weighted by Gasteiger charge is 2.11. The molecule has 0 saturated carbocycles. The summed E-state index contributed by atoms with van der Waals surface area (Å²) in [5.74, 6) is -0.429. The molecule has 134 valence electrons. The van der Waals surface area contributed by atoms with Gasteiger partial charge in [-0.3, -0.25) is 0 Å². The third kappa shape index (κ3) is 4.33. The summed E-state index contributed by atoms with van der Waals surface area (Å²) >= 11 is 0. The van der Waals surface area contributed by atoms with Crippen LogP contribution in [0.4, 0.5) is 26.2 Å². The quantitative estimate of drug-likeness (QED) is 0.624. The molecule has 0 unspecified atom stereocenters. The number of rotatable bonds is 6. The van der Waals surface area contributed by atoms with Crippen molar-refractivity contribution in [2.24, 2.45) is 0 Å². The van der Waals surface area contributed by atoms with E-state index in [0.717, 1.165) is 18.1 Å². The van der Waals surface area contributed by atoms with Crippen LogP contribution in [-0.2, 0) is 0 Å². The minimum absolute atomic E-state index is 0.151. The molecule has 0 amide bonds. The normalized spacial score (nSPS) is 11.8. The van der Waals surface area contributed by atoms with E-state index in [1.807, 2.05) is 37.3 Å². The summed E-state index contributed by atoms with van der Waals surface area (Å²) in [4.78, 5) is 8.97. The van der Waals surface area contributed by atoms with Crippen LogP contribution < -0.4 is 10.6 Å². The number of aromatic nitrogens is 2. The van der Waals surface area contributed by atoms with E-state index in [4.69, 9.17) is 0 Å². The van der Waals surface area contributed by atoms with Gasteiger partial charge in [-0.25, -0.2) is 13.8 Å². The SMILES string of the molecule is CC[C@H](C)Nc1nc(Nc2ccc(F)cc2F)cc(-c2ccccc2)n1. The Balaban J connectivity index is 1.98. The zero-order chi connectivity index (χ0) is 18.5. The van der Waals surface area contributed by atoms with Gasteiger partial charge < -0.3 is 10.6 Å². The van der Waals surface area contributed by atoms with Crippen LogP contribution >= 0.6 is 0 Å². The smallest absolute Gasteiger partial charge is 0.225 e. The van der Waals surface area contributed by atoms with Crippen LogP contribution in [0.2, 0.25) is 0 Å². The van der Waals surface area contributed by atoms with E-state index in [1.54, 1.807) is 6.07 Å². The van der Waals surface area contributed by atoms with Crippen molar-refractivity contribution in [3.63, 3.8) is 0 Å². The Morgan fingerprint density at radius 1 is 1.00 bits per heavy atom. The minimum Gasteiger partial charge on any atom is -0.352 e. The van der Waals surface area contributed by atoms with Gasteiger partial charge >= 0.3 is 0 Å². The Bertz CT molecular complexity index is 884. The molecular weight excluding hydrogens is 334 g/mol. The van der Waals surface area contributed by atoms with Crippen molar-refractivity contribution in [3.8, 4) is 11.3 Å². The fourth-order valence-corrected chi connectivity index (χ4v) is 2.38. The molecule has 2 aromatic carbocycles. The first-order valence-corrected chi connectivity index (χ1v) is 8.48. The van der Waals surface area contributed by atoms with Gasteiger partial charge in [-0.05, 0) is 25.5 Å². The molecule has 0 fully saturated rings. The van der Waals surface area contributed by atoms with E-state index in [0.29, 0.717) is 17.5 Å². The first-order valence-electron chi connectivity index (χ1n) is 8.48. The van der Waals surface area contributed by atoms with Gasteiger partial charge in [0.2, 0.25) is 5.95 Å². The first-order chi connectivity index (χ1) is 12.5. The van der Waals surface area contributed by atoms with E-state index >= 15 is 0 Å². The molecule has 26 heavy (non-hydrogen) atoms. The molecule has 0 radical (unpaired) electrons. The lowest BCUT2D eigenvalue weighted by atomic mass is 10.1. The van der Waals surface area contributed by atoms with Crippen molar-refractivity contribution >= 4 is 17.5 Å². The Labute approximate surface area is 151 Å². The van der Waals surface area contributed by atoms with E-state index in [1.165, 1.54) is 12.1 Å². The fraction of sp³-hybridized carbons (Fsp3) is 0.200. The molecule has 1 atom stereocenters. The molecule has 0 aliphatic carbocycles. The molecule has 0 spiro atoms. The van der Waals surface area contributed by atoms with Gasteiger partial charge in [0, 0.05) is 23.7 Å². The highest BCUT2D eigenvalue weighted by atomic mass is 19.1. The summed E-state index contributed by atoms with van der Waals surface area (Å²) in [6, 6.07) is 15.0. The molecular formula is C20H20F2N4. The van der Waals surface area contributed by atoms with Crippen molar-refractivity contribution in [1.82, 2.24) is 9.97 Å². The molecule has 1 aromatic heterocycles. The summed E-state index contributed by atoms with van der Waals surface area (Å²) in [6.45, 7) is 4.09. The lowest BCUT2D eigenvalue weighted by Crippen LogP contribution is -2.16. The lowest BCUT2D eigenvalue weighted by molar-refractivity contribution is 0.586. The van der Waals surface area contributed by atoms with E-state index < -0.39 is 11.6 Å². The van der Waals surface area contributed by atoms with Crippen LogP contribution in [-0.4, -0.2) is 16.0 Å². The molecule has 1 heterocycles. The lowest BCUT2D eigenvalue weighted by Gasteiger charge is -2.15. The number of benzene rings is 2. The van der Waals surface area contributed by atoms with Crippen molar-refractivity contribution < 1.29 is 8.78 Å². The predicted octanol–water partition coefficient (Wildman–Crippen LogP) is 5.38. The molecule has 3 aromatic rings. The van der Waals surface area contributed by atoms with Gasteiger partial charge in [-0.1, -0.05) is 37.3 Å². The van der Waals surface area contributed by atoms with Crippen molar-refractivity contribution in [2.75, 3.05) is 10.6 Å². The highest BCUT2D eigenvalue weighted by molar-refractivity contribution is 5.67. The summed E-state index contributed by atoms with van der Waals surface area (Å²) in [7, 11) is 0. The van der Waals surface area contributed by atoms with Crippen LogP contribution in [0.3, 0.4) is 0 Å². The van der Waals surface area contributed by atoms with Crippen molar-refractivity contribution in [2.45, 2.75) is 26.3 Å². The van der Waals surface area contributed by atoms with Gasteiger partial charge in [0.05, 0.1) is 11.4 Å². The predicted molar refractivity (Wildman–Crippen MR) is 100 cm³/mol. The average molecular weight is 354 g/mol. The third-order valence-corrected chi connectivity index (χ3v) is 3.98.